The van der Waals surface area contributed by atoms with Gasteiger partial charge in [0, 0.05) is 11.1 Å². The molecule has 1 unspecified atom stereocenters. The lowest BCUT2D eigenvalue weighted by Crippen LogP contribution is -2.50. The van der Waals surface area contributed by atoms with Crippen LogP contribution in [0, 0.1) is 0 Å². The van der Waals surface area contributed by atoms with E-state index in [1.54, 1.807) is 0 Å². The zero-order chi connectivity index (χ0) is 17.4. The van der Waals surface area contributed by atoms with Crippen molar-refractivity contribution >= 4 is 5.91 Å². The first kappa shape index (κ1) is 17.3. The molecule has 0 aromatic heterocycles. The lowest BCUT2D eigenvalue weighted by Gasteiger charge is -2.35. The van der Waals surface area contributed by atoms with E-state index in [-0.39, 0.29) is 16.9 Å². The third kappa shape index (κ3) is 2.92. The summed E-state index contributed by atoms with van der Waals surface area (Å²) in [6.45, 7) is -0.939. The van der Waals surface area contributed by atoms with Crippen LogP contribution in [0.5, 0.6) is 11.5 Å². The molecular weight excluding hydrogens is 322 g/mol. The van der Waals surface area contributed by atoms with Crippen molar-refractivity contribution in [2.24, 2.45) is 0 Å². The minimum atomic E-state index is -4.82. The molecule has 1 aromatic rings. The van der Waals surface area contributed by atoms with Gasteiger partial charge in [-0.1, -0.05) is 0 Å². The Labute approximate surface area is 129 Å². The van der Waals surface area contributed by atoms with Gasteiger partial charge in [-0.25, -0.2) is 8.78 Å². The molecule has 2 rings (SSSR count). The molecule has 128 valence electrons. The van der Waals surface area contributed by atoms with Gasteiger partial charge in [-0.3, -0.25) is 4.79 Å². The average molecular weight is 337 g/mol. The molecular formula is C14H15F4NO4. The van der Waals surface area contributed by atoms with E-state index in [0.717, 1.165) is 0 Å². The highest BCUT2D eigenvalue weighted by atomic mass is 19.3. The highest BCUT2D eigenvalue weighted by molar-refractivity contribution is 5.84. The Balaban J connectivity index is 2.43. The summed E-state index contributed by atoms with van der Waals surface area (Å²) >= 11 is 0. The van der Waals surface area contributed by atoms with Crippen LogP contribution < -0.4 is 9.47 Å². The van der Waals surface area contributed by atoms with Crippen molar-refractivity contribution in [3.05, 3.63) is 23.3 Å². The van der Waals surface area contributed by atoms with E-state index < -0.39 is 37.4 Å². The molecule has 1 amide bonds. The number of benzene rings is 1. The van der Waals surface area contributed by atoms with Gasteiger partial charge >= 0.3 is 12.3 Å². The van der Waals surface area contributed by atoms with E-state index in [4.69, 9.17) is 9.47 Å². The third-order valence-corrected chi connectivity index (χ3v) is 3.64. The summed E-state index contributed by atoms with van der Waals surface area (Å²) in [4.78, 5) is 12.2. The number of hydrogen-bond acceptors (Lipinski definition) is 4. The highest BCUT2D eigenvalue weighted by Gasteiger charge is 2.52. The fraction of sp³-hybridized carbons (Fsp3) is 0.500. The van der Waals surface area contributed by atoms with E-state index in [1.165, 1.54) is 26.4 Å². The van der Waals surface area contributed by atoms with Crippen molar-refractivity contribution in [1.82, 2.24) is 4.90 Å². The number of amides is 1. The fourth-order valence-corrected chi connectivity index (χ4v) is 2.54. The quantitative estimate of drug-likeness (QED) is 0.854. The number of fused-ring (bicyclic) bond motifs is 1. The minimum absolute atomic E-state index is 0.234. The van der Waals surface area contributed by atoms with Crippen LogP contribution in [0.15, 0.2) is 12.1 Å². The molecule has 0 fully saturated rings. The van der Waals surface area contributed by atoms with Gasteiger partial charge < -0.3 is 19.5 Å². The first-order valence-corrected chi connectivity index (χ1v) is 6.61. The zero-order valence-electron chi connectivity index (χ0n) is 12.4. The summed E-state index contributed by atoms with van der Waals surface area (Å²) in [5, 5.41) is 10.2. The van der Waals surface area contributed by atoms with Gasteiger partial charge in [-0.15, -0.1) is 0 Å². The Morgan fingerprint density at radius 3 is 2.39 bits per heavy atom. The van der Waals surface area contributed by atoms with Crippen LogP contribution in [0.3, 0.4) is 0 Å². The first-order chi connectivity index (χ1) is 10.7. The summed E-state index contributed by atoms with van der Waals surface area (Å²) < 4.78 is 61.5. The molecule has 23 heavy (non-hydrogen) atoms. The van der Waals surface area contributed by atoms with Crippen molar-refractivity contribution in [3.63, 3.8) is 0 Å². The Morgan fingerprint density at radius 2 is 1.87 bits per heavy atom. The van der Waals surface area contributed by atoms with Gasteiger partial charge in [0.2, 0.25) is 0 Å². The molecule has 0 spiro atoms. The largest absolute Gasteiger partial charge is 0.496 e. The maximum atomic E-state index is 13.3. The number of β-amino-alcohol motifs (C(OH)–C–C–N with tert-alkyl or cyclic N) is 1. The van der Waals surface area contributed by atoms with Crippen molar-refractivity contribution in [2.75, 3.05) is 20.8 Å². The average Bonchev–Trinajstić information content (AvgIpc) is 2.52. The maximum absolute atomic E-state index is 13.3. The topological polar surface area (TPSA) is 59.0 Å². The number of carbonyl (C=O) groups is 1. The molecule has 1 atom stereocenters. The number of methoxy groups -OCH3 is 2. The van der Waals surface area contributed by atoms with Gasteiger partial charge in [0.05, 0.1) is 27.3 Å². The fourth-order valence-electron chi connectivity index (χ4n) is 2.54. The van der Waals surface area contributed by atoms with Gasteiger partial charge in [-0.2, -0.15) is 8.78 Å². The summed E-state index contributed by atoms with van der Waals surface area (Å²) in [5.74, 6) is -6.33. The van der Waals surface area contributed by atoms with E-state index in [9.17, 15) is 27.5 Å². The Kier molecular flexibility index (Phi) is 4.69. The number of rotatable bonds is 4. The molecule has 0 aliphatic carbocycles. The van der Waals surface area contributed by atoms with Gasteiger partial charge in [0.1, 0.15) is 17.6 Å². The summed E-state index contributed by atoms with van der Waals surface area (Å²) in [6, 6.07) is 3.00. The Bertz CT molecular complexity index is 609. The second-order valence-electron chi connectivity index (χ2n) is 4.99. The number of alkyl halides is 4. The molecule has 1 aromatic carbocycles. The van der Waals surface area contributed by atoms with Crippen molar-refractivity contribution < 1.29 is 36.9 Å². The number of hydrogen-bond donors (Lipinski definition) is 1. The normalized spacial score (nSPS) is 17.9. The molecule has 1 N–H and O–H groups in total. The minimum Gasteiger partial charge on any atom is -0.496 e. The van der Waals surface area contributed by atoms with Crippen molar-refractivity contribution in [1.29, 1.82) is 0 Å². The number of halogens is 4. The predicted octanol–water partition coefficient (Wildman–Crippen LogP) is 1.98. The Hall–Kier alpha value is -2.03. The number of aliphatic hydroxyl groups is 1. The summed E-state index contributed by atoms with van der Waals surface area (Å²) in [7, 11) is 2.68. The molecule has 0 bridgehead atoms. The number of ether oxygens (including phenoxy) is 2. The van der Waals surface area contributed by atoms with Crippen LogP contribution in [-0.2, 0) is 11.3 Å². The SMILES string of the molecule is COc1ccc(OC)c2c1CN(C(=O)C(F)(F)C(F)F)CC2O. The summed E-state index contributed by atoms with van der Waals surface area (Å²) in [5.41, 5.74) is 0.528. The van der Waals surface area contributed by atoms with Crippen LogP contribution >= 0.6 is 0 Å². The highest BCUT2D eigenvalue weighted by Crippen LogP contribution is 2.40. The maximum Gasteiger partial charge on any atom is 0.383 e. The zero-order valence-corrected chi connectivity index (χ0v) is 12.4. The standard InChI is InChI=1S/C14H15F4NO4/c1-22-9-3-4-10(23-2)11-7(9)5-19(6-8(11)20)13(21)14(17,18)12(15)16/h3-4,8,12,20H,5-6H2,1-2H3. The number of aliphatic hydroxyl groups excluding tert-OH is 1. The monoisotopic (exact) mass is 337 g/mol. The van der Waals surface area contributed by atoms with Crippen LogP contribution in [0.25, 0.3) is 0 Å². The van der Waals surface area contributed by atoms with Gasteiger partial charge in [0.15, 0.2) is 0 Å². The lowest BCUT2D eigenvalue weighted by atomic mass is 9.94. The van der Waals surface area contributed by atoms with Crippen LogP contribution in [0.4, 0.5) is 17.6 Å². The van der Waals surface area contributed by atoms with E-state index in [0.29, 0.717) is 10.6 Å². The number of carbonyl (C=O) groups excluding carboxylic acids is 1. The van der Waals surface area contributed by atoms with Crippen LogP contribution in [-0.4, -0.2) is 49.0 Å². The molecule has 0 saturated heterocycles. The molecule has 1 aliphatic heterocycles. The molecule has 9 heteroatoms. The summed E-state index contributed by atoms with van der Waals surface area (Å²) in [6.07, 6.45) is -5.48. The molecule has 1 heterocycles. The van der Waals surface area contributed by atoms with Gasteiger partial charge in [0.25, 0.3) is 5.91 Å². The smallest absolute Gasteiger partial charge is 0.383 e. The van der Waals surface area contributed by atoms with Crippen molar-refractivity contribution in [3.8, 4) is 11.5 Å². The Morgan fingerprint density at radius 1 is 1.30 bits per heavy atom. The van der Waals surface area contributed by atoms with E-state index >= 15 is 0 Å². The van der Waals surface area contributed by atoms with E-state index in [1.807, 2.05) is 0 Å². The molecule has 0 radical (unpaired) electrons. The first-order valence-electron chi connectivity index (χ1n) is 6.61. The predicted molar refractivity (Wildman–Crippen MR) is 70.9 cm³/mol. The molecule has 5 nitrogen and oxygen atoms in total. The van der Waals surface area contributed by atoms with Crippen LogP contribution in [0.2, 0.25) is 0 Å². The molecule has 0 saturated carbocycles. The van der Waals surface area contributed by atoms with Crippen LogP contribution in [0.1, 0.15) is 17.2 Å². The second-order valence-corrected chi connectivity index (χ2v) is 4.99. The lowest BCUT2D eigenvalue weighted by molar-refractivity contribution is -0.183. The second kappa shape index (κ2) is 6.23. The van der Waals surface area contributed by atoms with Crippen molar-refractivity contribution in [2.45, 2.75) is 25.0 Å². The molecule has 1 aliphatic rings. The van der Waals surface area contributed by atoms with E-state index in [2.05, 4.69) is 0 Å². The third-order valence-electron chi connectivity index (χ3n) is 3.64. The van der Waals surface area contributed by atoms with Gasteiger partial charge in [-0.05, 0) is 12.1 Å². The number of nitrogens with zero attached hydrogens (tertiary/aromatic N) is 1.